The second kappa shape index (κ2) is 6.54. The molecule has 112 valence electrons. The van der Waals surface area contributed by atoms with Gasteiger partial charge in [-0.15, -0.1) is 0 Å². The lowest BCUT2D eigenvalue weighted by atomic mass is 10.2. The van der Waals surface area contributed by atoms with E-state index >= 15 is 0 Å². The van der Waals surface area contributed by atoms with Gasteiger partial charge in [0.1, 0.15) is 5.75 Å². The first-order chi connectivity index (χ1) is 10.1. The van der Waals surface area contributed by atoms with Crippen molar-refractivity contribution in [2.75, 3.05) is 19.5 Å². The van der Waals surface area contributed by atoms with E-state index in [9.17, 15) is 4.79 Å². The van der Waals surface area contributed by atoms with Gasteiger partial charge in [0.15, 0.2) is 0 Å². The molecule has 1 aromatic heterocycles. The van der Waals surface area contributed by atoms with E-state index in [1.54, 1.807) is 19.2 Å². The number of ether oxygens (including phenoxy) is 2. The van der Waals surface area contributed by atoms with Crippen molar-refractivity contribution in [2.24, 2.45) is 0 Å². The molecule has 0 fully saturated rings. The number of nitrogens with one attached hydrogen (secondary N) is 1. The van der Waals surface area contributed by atoms with Gasteiger partial charge >= 0.3 is 5.97 Å². The van der Waals surface area contributed by atoms with Crippen molar-refractivity contribution in [3.63, 3.8) is 0 Å². The monoisotopic (exact) mass is 309 g/mol. The van der Waals surface area contributed by atoms with Crippen molar-refractivity contribution in [1.29, 1.82) is 0 Å². The number of halogens is 1. The van der Waals surface area contributed by atoms with Crippen molar-refractivity contribution < 1.29 is 18.7 Å². The van der Waals surface area contributed by atoms with Crippen LogP contribution < -0.4 is 10.1 Å². The fourth-order valence-corrected chi connectivity index (χ4v) is 2.06. The minimum Gasteiger partial charge on any atom is -0.495 e. The van der Waals surface area contributed by atoms with Gasteiger partial charge in [-0.1, -0.05) is 11.6 Å². The van der Waals surface area contributed by atoms with Gasteiger partial charge in [-0.2, -0.15) is 0 Å². The summed E-state index contributed by atoms with van der Waals surface area (Å²) in [6, 6.07) is 5.35. The smallest absolute Gasteiger partial charge is 0.374 e. The number of aryl methyl sites for hydroxylation is 1. The summed E-state index contributed by atoms with van der Waals surface area (Å²) in [5.74, 6) is 0.319. The molecule has 2 aromatic rings. The van der Waals surface area contributed by atoms with Crippen molar-refractivity contribution in [2.45, 2.75) is 13.5 Å². The zero-order chi connectivity index (χ0) is 15.4. The highest BCUT2D eigenvalue weighted by molar-refractivity contribution is 6.31. The van der Waals surface area contributed by atoms with Crippen LogP contribution in [-0.2, 0) is 11.3 Å². The first-order valence-corrected chi connectivity index (χ1v) is 6.67. The molecular weight excluding hydrogens is 294 g/mol. The standard InChI is InChI=1S/C15H16ClNO4/c1-9-6-12(13(19-2)7-11(9)16)17-8-10-4-5-21-14(10)15(18)20-3/h4-7,17H,8H2,1-3H3. The third kappa shape index (κ3) is 3.31. The Labute approximate surface area is 127 Å². The zero-order valence-electron chi connectivity index (χ0n) is 12.0. The summed E-state index contributed by atoms with van der Waals surface area (Å²) >= 11 is 6.07. The number of furan rings is 1. The molecule has 0 saturated heterocycles. The van der Waals surface area contributed by atoms with Crippen LogP contribution in [-0.4, -0.2) is 20.2 Å². The molecule has 1 heterocycles. The van der Waals surface area contributed by atoms with E-state index in [4.69, 9.17) is 20.8 Å². The van der Waals surface area contributed by atoms with E-state index in [2.05, 4.69) is 10.1 Å². The molecule has 0 unspecified atom stereocenters. The van der Waals surface area contributed by atoms with Gasteiger partial charge in [-0.3, -0.25) is 0 Å². The second-order valence-electron chi connectivity index (χ2n) is 4.42. The number of esters is 1. The van der Waals surface area contributed by atoms with Crippen LogP contribution in [0.15, 0.2) is 28.9 Å². The highest BCUT2D eigenvalue weighted by Gasteiger charge is 2.16. The van der Waals surface area contributed by atoms with E-state index in [0.717, 1.165) is 11.3 Å². The third-order valence-electron chi connectivity index (χ3n) is 3.07. The Hall–Kier alpha value is -2.14. The maximum Gasteiger partial charge on any atom is 0.374 e. The Morgan fingerprint density at radius 3 is 2.81 bits per heavy atom. The highest BCUT2D eigenvalue weighted by atomic mass is 35.5. The van der Waals surface area contributed by atoms with Gasteiger partial charge < -0.3 is 19.2 Å². The predicted octanol–water partition coefficient (Wildman–Crippen LogP) is 3.65. The normalized spacial score (nSPS) is 10.3. The number of anilines is 1. The molecule has 0 aliphatic heterocycles. The first kappa shape index (κ1) is 15.3. The van der Waals surface area contributed by atoms with Crippen LogP contribution in [0.2, 0.25) is 5.02 Å². The van der Waals surface area contributed by atoms with E-state index in [1.165, 1.54) is 13.4 Å². The average molecular weight is 310 g/mol. The topological polar surface area (TPSA) is 60.7 Å². The Balaban J connectivity index is 2.19. The van der Waals surface area contributed by atoms with E-state index < -0.39 is 5.97 Å². The van der Waals surface area contributed by atoms with Gasteiger partial charge in [0.25, 0.3) is 0 Å². The van der Waals surface area contributed by atoms with Crippen LogP contribution in [0.25, 0.3) is 0 Å². The van der Waals surface area contributed by atoms with Gasteiger partial charge in [-0.05, 0) is 24.6 Å². The van der Waals surface area contributed by atoms with Crippen molar-refractivity contribution in [1.82, 2.24) is 0 Å². The SMILES string of the molecule is COC(=O)c1occc1CNc1cc(C)c(Cl)cc1OC. The predicted molar refractivity (Wildman–Crippen MR) is 80.1 cm³/mol. The van der Waals surface area contributed by atoms with E-state index in [0.29, 0.717) is 22.9 Å². The molecule has 0 aliphatic carbocycles. The second-order valence-corrected chi connectivity index (χ2v) is 4.83. The van der Waals surface area contributed by atoms with Crippen LogP contribution in [0.3, 0.4) is 0 Å². The number of benzene rings is 1. The lowest BCUT2D eigenvalue weighted by Crippen LogP contribution is -2.07. The number of carbonyl (C=O) groups is 1. The van der Waals surface area contributed by atoms with Crippen LogP contribution in [0.5, 0.6) is 5.75 Å². The molecule has 21 heavy (non-hydrogen) atoms. The fraction of sp³-hybridized carbons (Fsp3) is 0.267. The molecule has 0 bridgehead atoms. The zero-order valence-corrected chi connectivity index (χ0v) is 12.8. The highest BCUT2D eigenvalue weighted by Crippen LogP contribution is 2.31. The summed E-state index contributed by atoms with van der Waals surface area (Å²) in [6.45, 7) is 2.31. The Kier molecular flexibility index (Phi) is 4.75. The molecular formula is C15H16ClNO4. The third-order valence-corrected chi connectivity index (χ3v) is 3.47. The van der Waals surface area contributed by atoms with Crippen LogP contribution in [0, 0.1) is 6.92 Å². The quantitative estimate of drug-likeness (QED) is 0.854. The molecule has 6 heteroatoms. The minimum absolute atomic E-state index is 0.189. The van der Waals surface area contributed by atoms with E-state index in [-0.39, 0.29) is 5.76 Å². The van der Waals surface area contributed by atoms with Gasteiger partial charge in [0, 0.05) is 23.2 Å². The summed E-state index contributed by atoms with van der Waals surface area (Å²) < 4.78 is 15.1. The summed E-state index contributed by atoms with van der Waals surface area (Å²) in [6.07, 6.45) is 1.45. The number of rotatable bonds is 5. The Morgan fingerprint density at radius 2 is 2.14 bits per heavy atom. The summed E-state index contributed by atoms with van der Waals surface area (Å²) in [5.41, 5.74) is 2.42. The van der Waals surface area contributed by atoms with Crippen molar-refractivity contribution in [3.05, 3.63) is 46.4 Å². The minimum atomic E-state index is -0.504. The molecule has 0 radical (unpaired) electrons. The largest absolute Gasteiger partial charge is 0.495 e. The molecule has 0 saturated carbocycles. The van der Waals surface area contributed by atoms with Crippen LogP contribution >= 0.6 is 11.6 Å². The lowest BCUT2D eigenvalue weighted by molar-refractivity contribution is 0.0563. The summed E-state index contributed by atoms with van der Waals surface area (Å²) in [5, 5.41) is 3.84. The number of hydrogen-bond acceptors (Lipinski definition) is 5. The molecule has 0 amide bonds. The summed E-state index contributed by atoms with van der Waals surface area (Å²) in [7, 11) is 2.89. The average Bonchev–Trinajstić information content (AvgIpc) is 2.95. The Morgan fingerprint density at radius 1 is 1.38 bits per heavy atom. The first-order valence-electron chi connectivity index (χ1n) is 6.29. The molecule has 0 atom stereocenters. The van der Waals surface area contributed by atoms with Crippen molar-refractivity contribution in [3.8, 4) is 5.75 Å². The lowest BCUT2D eigenvalue weighted by Gasteiger charge is -2.13. The maximum absolute atomic E-state index is 11.5. The molecule has 5 nitrogen and oxygen atoms in total. The molecule has 1 N–H and O–H groups in total. The molecule has 0 aliphatic rings. The number of carbonyl (C=O) groups excluding carboxylic acids is 1. The van der Waals surface area contributed by atoms with E-state index in [1.807, 2.05) is 13.0 Å². The summed E-state index contributed by atoms with van der Waals surface area (Å²) in [4.78, 5) is 11.5. The van der Waals surface area contributed by atoms with Gasteiger partial charge in [0.2, 0.25) is 5.76 Å². The maximum atomic E-state index is 11.5. The van der Waals surface area contributed by atoms with Crippen molar-refractivity contribution >= 4 is 23.3 Å². The molecule has 2 rings (SSSR count). The number of hydrogen-bond donors (Lipinski definition) is 1. The molecule has 0 spiro atoms. The number of methoxy groups -OCH3 is 2. The van der Waals surface area contributed by atoms with Gasteiger partial charge in [0.05, 0.1) is 26.2 Å². The Bertz CT molecular complexity index is 651. The molecule has 1 aromatic carbocycles. The fourth-order valence-electron chi connectivity index (χ4n) is 1.91. The van der Waals surface area contributed by atoms with Gasteiger partial charge in [-0.25, -0.2) is 4.79 Å². The van der Waals surface area contributed by atoms with Crippen LogP contribution in [0.1, 0.15) is 21.7 Å². The van der Waals surface area contributed by atoms with Crippen LogP contribution in [0.4, 0.5) is 5.69 Å².